The van der Waals surface area contributed by atoms with Crippen molar-refractivity contribution in [1.29, 1.82) is 5.39 Å². The number of diazo groups is 1. The maximum absolute atomic E-state index is 11.1. The second kappa shape index (κ2) is 6.33. The van der Waals surface area contributed by atoms with E-state index in [4.69, 9.17) is 10.1 Å². The lowest BCUT2D eigenvalue weighted by Crippen LogP contribution is -1.92. The molecule has 10 heteroatoms. The second-order valence-electron chi connectivity index (χ2n) is 4.27. The Kier molecular flexibility index (Phi) is 4.65. The van der Waals surface area contributed by atoms with E-state index in [0.717, 1.165) is 0 Å². The van der Waals surface area contributed by atoms with Gasteiger partial charge < -0.3 is 8.86 Å². The molecule has 0 radical (unpaired) electrons. The predicted octanol–water partition coefficient (Wildman–Crippen LogP) is 2.63. The minimum absolute atomic E-state index is 0.241. The van der Waals surface area contributed by atoms with Crippen molar-refractivity contribution >= 4 is 25.7 Å². The van der Waals surface area contributed by atoms with Crippen LogP contribution in [0.5, 0.6) is 5.75 Å². The molecule has 0 amide bonds. The molecule has 0 aliphatic carbocycles. The highest BCUT2D eigenvalue weighted by atomic mass is 32.3. The molecule has 0 atom stereocenters. The number of ether oxygens (including phenoxy) is 1. The van der Waals surface area contributed by atoms with Gasteiger partial charge >= 0.3 is 5.69 Å². The highest BCUT2D eigenvalue weighted by Crippen LogP contribution is 2.37. The van der Waals surface area contributed by atoms with Gasteiger partial charge in [0.1, 0.15) is 25.8 Å². The molecule has 0 N–H and O–H groups in total. The molecule has 0 unspecified atom stereocenters. The molecule has 0 saturated heterocycles. The lowest BCUT2D eigenvalue weighted by molar-refractivity contribution is 0.415. The van der Waals surface area contributed by atoms with E-state index in [2.05, 4.69) is 9.10 Å². The fraction of sp³-hybridized carbons (Fsp3) is 0.0769. The van der Waals surface area contributed by atoms with E-state index in [-0.39, 0.29) is 9.79 Å². The van der Waals surface area contributed by atoms with Crippen molar-refractivity contribution in [2.24, 2.45) is 0 Å². The summed E-state index contributed by atoms with van der Waals surface area (Å²) in [6, 6.07) is 12.2. The molecule has 3 rings (SSSR count). The molecular formula is C13H11N3O5S2. The van der Waals surface area contributed by atoms with Crippen LogP contribution in [0.25, 0.3) is 9.10 Å². The smallest absolute Gasteiger partial charge is 0.388 e. The van der Waals surface area contributed by atoms with Gasteiger partial charge in [0.15, 0.2) is 4.98 Å². The maximum atomic E-state index is 11.1. The first-order valence-corrected chi connectivity index (χ1v) is 9.00. The number of sulfonamides is 2. The van der Waals surface area contributed by atoms with Gasteiger partial charge in [-0.3, -0.25) is 0 Å². The van der Waals surface area contributed by atoms with Crippen molar-refractivity contribution in [2.75, 3.05) is 7.11 Å². The zero-order valence-electron chi connectivity index (χ0n) is 11.8. The Hall–Kier alpha value is -2.48. The van der Waals surface area contributed by atoms with Crippen LogP contribution in [0.2, 0.25) is 0 Å². The van der Waals surface area contributed by atoms with Gasteiger partial charge in [-0.1, -0.05) is 18.2 Å². The Bertz CT molecular complexity index is 928. The summed E-state index contributed by atoms with van der Waals surface area (Å²) in [5.41, 5.74) is 0.499. The van der Waals surface area contributed by atoms with Crippen LogP contribution in [0.3, 0.4) is 0 Å². The number of nitrogens with zero attached hydrogens (tertiary/aromatic N) is 3. The summed E-state index contributed by atoms with van der Waals surface area (Å²) in [6.45, 7) is 0. The molecule has 8 nitrogen and oxygen atoms in total. The van der Waals surface area contributed by atoms with Crippen molar-refractivity contribution < 1.29 is 21.6 Å². The van der Waals surface area contributed by atoms with Gasteiger partial charge in [0.05, 0.1) is 23.0 Å². The maximum Gasteiger partial charge on any atom is 0.388 e. The zero-order valence-corrected chi connectivity index (χ0v) is 13.5. The third-order valence-electron chi connectivity index (χ3n) is 2.77. The van der Waals surface area contributed by atoms with Gasteiger partial charge in [-0.05, 0) is 18.2 Å². The van der Waals surface area contributed by atoms with Gasteiger partial charge in [0.2, 0.25) is 5.39 Å². The molecule has 1 aliphatic rings. The summed E-state index contributed by atoms with van der Waals surface area (Å²) in [6.07, 6.45) is 0. The molecular weight excluding hydrogens is 342 g/mol. The van der Waals surface area contributed by atoms with Crippen LogP contribution in [0.4, 0.5) is 5.69 Å². The van der Waals surface area contributed by atoms with Gasteiger partial charge in [-0.2, -0.15) is 0 Å². The van der Waals surface area contributed by atoms with Crippen molar-refractivity contribution in [2.45, 2.75) is 9.79 Å². The van der Waals surface area contributed by atoms with Gasteiger partial charge in [0.25, 0.3) is 0 Å². The van der Waals surface area contributed by atoms with Crippen molar-refractivity contribution in [1.82, 2.24) is 0 Å². The largest absolute Gasteiger partial charge is 0.496 e. The molecule has 2 aromatic carbocycles. The van der Waals surface area contributed by atoms with Crippen LogP contribution in [0, 0.1) is 5.39 Å². The van der Waals surface area contributed by atoms with E-state index in [9.17, 15) is 16.8 Å². The van der Waals surface area contributed by atoms with Gasteiger partial charge in [0, 0.05) is 6.07 Å². The summed E-state index contributed by atoms with van der Waals surface area (Å²) in [5.74, 6) is 0.690. The summed E-state index contributed by atoms with van der Waals surface area (Å²) < 4.78 is 52.1. The number of methoxy groups -OCH3 is 1. The average molecular weight is 353 g/mol. The number of benzene rings is 2. The standard InChI is InChI=1S/C7H7N2O.C6H4NO4S2/c1-10-7-4-2-3-6(5-7)9-8;8-12(9)5-3-1-2-4-6(5)13(10,11)7-12/h2-5H,1H3;1-4H/q+1;-1. The third-order valence-corrected chi connectivity index (χ3v) is 6.29. The van der Waals surface area contributed by atoms with Crippen LogP contribution in [0.1, 0.15) is 0 Å². The molecule has 0 fully saturated rings. The Morgan fingerprint density at radius 3 is 2.00 bits per heavy atom. The molecule has 0 spiro atoms. The average Bonchev–Trinajstić information content (AvgIpc) is 2.73. The van der Waals surface area contributed by atoms with Crippen LogP contribution >= 0.6 is 0 Å². The first-order valence-electron chi connectivity index (χ1n) is 6.12. The normalized spacial score (nSPS) is 16.3. The quantitative estimate of drug-likeness (QED) is 0.727. The number of hydrogen-bond donors (Lipinski definition) is 0. The molecule has 23 heavy (non-hydrogen) atoms. The topological polar surface area (TPSA) is 120 Å². The second-order valence-corrected chi connectivity index (χ2v) is 7.65. The van der Waals surface area contributed by atoms with Crippen LogP contribution in [0.15, 0.2) is 58.3 Å². The Balaban J connectivity index is 0.000000174. The number of fused-ring (bicyclic) bond motifs is 1. The highest BCUT2D eigenvalue weighted by molar-refractivity contribution is 8.14. The zero-order chi connectivity index (χ0) is 17.1. The van der Waals surface area contributed by atoms with Crippen LogP contribution < -0.4 is 4.74 Å². The van der Waals surface area contributed by atoms with E-state index >= 15 is 0 Å². The van der Waals surface area contributed by atoms with Crippen molar-refractivity contribution in [3.8, 4) is 5.75 Å². The van der Waals surface area contributed by atoms with Crippen molar-refractivity contribution in [3.63, 3.8) is 0 Å². The third kappa shape index (κ3) is 3.65. The Morgan fingerprint density at radius 2 is 1.52 bits per heavy atom. The minimum Gasteiger partial charge on any atom is -0.496 e. The molecule has 1 aliphatic heterocycles. The number of hydrogen-bond acceptors (Lipinski definition) is 6. The summed E-state index contributed by atoms with van der Waals surface area (Å²) in [4.78, 5) is 2.52. The molecule has 0 bridgehead atoms. The van der Waals surface area contributed by atoms with E-state index < -0.39 is 20.0 Å². The molecule has 120 valence electrons. The van der Waals surface area contributed by atoms with Crippen LogP contribution in [-0.4, -0.2) is 23.9 Å². The first-order chi connectivity index (χ1) is 10.8. The SMILES string of the molecule is COc1cccc([N+]#N)c1.O=S1(=O)[N-]S(=O)(=O)c2ccccc21. The lowest BCUT2D eigenvalue weighted by Gasteiger charge is -2.05. The summed E-state index contributed by atoms with van der Waals surface area (Å²) in [7, 11) is -6.39. The van der Waals surface area contributed by atoms with E-state index in [1.165, 1.54) is 24.3 Å². The molecule has 2 aromatic rings. The molecule has 1 heterocycles. The Morgan fingerprint density at radius 1 is 0.957 bits per heavy atom. The summed E-state index contributed by atoms with van der Waals surface area (Å²) in [5, 5.41) is 8.33. The van der Waals surface area contributed by atoms with E-state index in [1.54, 1.807) is 31.4 Å². The van der Waals surface area contributed by atoms with E-state index in [1.807, 2.05) is 0 Å². The fourth-order valence-electron chi connectivity index (χ4n) is 1.76. The summed E-state index contributed by atoms with van der Waals surface area (Å²) >= 11 is 0. The lowest BCUT2D eigenvalue weighted by atomic mass is 10.3. The van der Waals surface area contributed by atoms with Gasteiger partial charge in [-0.25, -0.2) is 16.8 Å². The fourth-order valence-corrected chi connectivity index (χ4v) is 5.21. The van der Waals surface area contributed by atoms with Crippen LogP contribution in [-0.2, 0) is 20.0 Å². The minimum atomic E-state index is -3.98. The first kappa shape index (κ1) is 16.9. The highest BCUT2D eigenvalue weighted by Gasteiger charge is 2.26. The monoisotopic (exact) mass is 353 g/mol. The predicted molar refractivity (Wildman–Crippen MR) is 81.9 cm³/mol. The van der Waals surface area contributed by atoms with Crippen molar-refractivity contribution in [3.05, 3.63) is 57.6 Å². The van der Waals surface area contributed by atoms with Gasteiger partial charge in [-0.15, -0.1) is 0 Å². The number of rotatable bonds is 1. The molecule has 0 saturated carbocycles. The molecule has 0 aromatic heterocycles. The van der Waals surface area contributed by atoms with E-state index in [0.29, 0.717) is 11.4 Å². The Labute approximate surface area is 133 Å².